The van der Waals surface area contributed by atoms with Crippen LogP contribution in [0.15, 0.2) is 47.5 Å². The van der Waals surface area contributed by atoms with Gasteiger partial charge in [0.1, 0.15) is 18.2 Å². The molecule has 2 heterocycles. The van der Waals surface area contributed by atoms with Crippen molar-refractivity contribution in [2.24, 2.45) is 4.99 Å². The highest BCUT2D eigenvalue weighted by atomic mass is 35.5. The molecule has 6 nitrogen and oxygen atoms in total. The Kier molecular flexibility index (Phi) is 6.47. The Morgan fingerprint density at radius 2 is 1.93 bits per heavy atom. The van der Waals surface area contributed by atoms with Crippen molar-refractivity contribution in [2.45, 2.75) is 6.42 Å². The van der Waals surface area contributed by atoms with Crippen LogP contribution in [0.5, 0.6) is 5.75 Å². The molecule has 2 aromatic carbocycles. The first-order chi connectivity index (χ1) is 14.6. The number of fused-ring (bicyclic) bond motifs is 1. The average Bonchev–Trinajstić information content (AvgIpc) is 2.77. The van der Waals surface area contributed by atoms with E-state index >= 15 is 0 Å². The minimum absolute atomic E-state index is 0.460. The van der Waals surface area contributed by atoms with Gasteiger partial charge in [0.2, 0.25) is 0 Å². The lowest BCUT2D eigenvalue weighted by Crippen LogP contribution is -2.06. The summed E-state index contributed by atoms with van der Waals surface area (Å²) in [5.41, 5.74) is 2.57. The minimum Gasteiger partial charge on any atom is -0.491 e. The van der Waals surface area contributed by atoms with Crippen LogP contribution < -0.4 is 10.1 Å². The number of nitrogens with zero attached hydrogens (tertiary/aromatic N) is 3. The Bertz CT molecular complexity index is 1130. The number of allylic oxidation sites excluding steroid dienone is 1. The van der Waals surface area contributed by atoms with Gasteiger partial charge in [-0.05, 0) is 36.4 Å². The Morgan fingerprint density at radius 3 is 2.70 bits per heavy atom. The molecule has 3 aromatic rings. The van der Waals surface area contributed by atoms with E-state index in [2.05, 4.69) is 16.4 Å². The molecular weight excluding hydrogens is 423 g/mol. The van der Waals surface area contributed by atoms with Crippen LogP contribution in [0.25, 0.3) is 16.5 Å². The number of methoxy groups -OCH3 is 1. The van der Waals surface area contributed by atoms with E-state index in [4.69, 9.17) is 42.6 Å². The van der Waals surface area contributed by atoms with Crippen LogP contribution in [0, 0.1) is 0 Å². The number of aromatic nitrogens is 2. The molecule has 4 rings (SSSR count). The summed E-state index contributed by atoms with van der Waals surface area (Å²) < 4.78 is 10.8. The fraction of sp³-hybridized carbons (Fsp3) is 0.227. The smallest absolute Gasteiger partial charge is 0.159 e. The minimum atomic E-state index is 0.460. The zero-order valence-electron chi connectivity index (χ0n) is 16.4. The third kappa shape index (κ3) is 4.73. The summed E-state index contributed by atoms with van der Waals surface area (Å²) in [5.74, 6) is 2.02. The van der Waals surface area contributed by atoms with Gasteiger partial charge in [0.05, 0.1) is 28.7 Å². The highest BCUT2D eigenvalue weighted by Crippen LogP contribution is 2.31. The van der Waals surface area contributed by atoms with Crippen molar-refractivity contribution in [3.8, 4) is 5.75 Å². The summed E-state index contributed by atoms with van der Waals surface area (Å²) in [5, 5.41) is 5.14. The molecular formula is C22H20Cl2N4O2. The first kappa shape index (κ1) is 20.6. The Morgan fingerprint density at radius 1 is 1.03 bits per heavy atom. The second-order valence-electron chi connectivity index (χ2n) is 6.66. The maximum Gasteiger partial charge on any atom is 0.159 e. The van der Waals surface area contributed by atoms with Crippen molar-refractivity contribution in [3.63, 3.8) is 0 Å². The summed E-state index contributed by atoms with van der Waals surface area (Å²) in [6, 6.07) is 11.1. The lowest BCUT2D eigenvalue weighted by molar-refractivity contribution is 0.146. The van der Waals surface area contributed by atoms with Crippen LogP contribution in [0.3, 0.4) is 0 Å². The first-order valence-electron chi connectivity index (χ1n) is 9.47. The quantitative estimate of drug-likeness (QED) is 0.484. The van der Waals surface area contributed by atoms with Crippen LogP contribution >= 0.6 is 23.2 Å². The highest BCUT2D eigenvalue weighted by Gasteiger charge is 2.14. The summed E-state index contributed by atoms with van der Waals surface area (Å²) in [4.78, 5) is 13.9. The SMILES string of the molecule is COCCOc1ccc2nc(C3=CCC=NC3)nc(Nc3ccc(Cl)c(Cl)c3)c2c1. The second-order valence-corrected chi connectivity index (χ2v) is 7.47. The normalized spacial score (nSPS) is 13.4. The van der Waals surface area contributed by atoms with Gasteiger partial charge in [0.25, 0.3) is 0 Å². The van der Waals surface area contributed by atoms with Gasteiger partial charge in [-0.15, -0.1) is 0 Å². The Hall–Kier alpha value is -2.67. The van der Waals surface area contributed by atoms with Gasteiger partial charge in [-0.25, -0.2) is 9.97 Å². The van der Waals surface area contributed by atoms with Crippen molar-refractivity contribution in [2.75, 3.05) is 32.2 Å². The number of dihydropyridines is 1. The van der Waals surface area contributed by atoms with Crippen LogP contribution in [0.1, 0.15) is 12.2 Å². The summed E-state index contributed by atoms with van der Waals surface area (Å²) >= 11 is 12.2. The number of hydrogen-bond donors (Lipinski definition) is 1. The molecule has 1 aliphatic rings. The predicted octanol–water partition coefficient (Wildman–Crippen LogP) is 5.56. The number of aliphatic imine (C=N–C) groups is 1. The van der Waals surface area contributed by atoms with Crippen molar-refractivity contribution < 1.29 is 9.47 Å². The van der Waals surface area contributed by atoms with Crippen molar-refractivity contribution in [1.29, 1.82) is 0 Å². The molecule has 0 bridgehead atoms. The number of ether oxygens (including phenoxy) is 2. The van der Waals surface area contributed by atoms with Crippen molar-refractivity contribution >= 4 is 57.4 Å². The topological polar surface area (TPSA) is 68.6 Å². The van der Waals surface area contributed by atoms with Gasteiger partial charge in [-0.1, -0.05) is 29.3 Å². The molecule has 8 heteroatoms. The van der Waals surface area contributed by atoms with Gasteiger partial charge in [0, 0.05) is 36.4 Å². The van der Waals surface area contributed by atoms with Crippen LogP contribution in [0.2, 0.25) is 10.0 Å². The van der Waals surface area contributed by atoms with Gasteiger partial charge < -0.3 is 14.8 Å². The lowest BCUT2D eigenvalue weighted by atomic mass is 10.1. The standard InChI is InChI=1S/C22H20Cl2N4O2/c1-29-9-10-30-16-5-7-20-17(12-16)22(26-15-4-6-18(23)19(24)11-15)28-21(27-20)14-3-2-8-25-13-14/h3-8,11-12H,2,9-10,13H2,1H3,(H,26,27,28). The maximum absolute atomic E-state index is 6.19. The summed E-state index contributed by atoms with van der Waals surface area (Å²) in [6.45, 7) is 1.54. The molecule has 0 saturated carbocycles. The van der Waals surface area contributed by atoms with E-state index < -0.39 is 0 Å². The van der Waals surface area contributed by atoms with E-state index in [1.165, 1.54) is 0 Å². The zero-order chi connectivity index (χ0) is 20.9. The zero-order valence-corrected chi connectivity index (χ0v) is 17.9. The van der Waals surface area contributed by atoms with Gasteiger partial charge >= 0.3 is 0 Å². The fourth-order valence-corrected chi connectivity index (χ4v) is 3.35. The predicted molar refractivity (Wildman–Crippen MR) is 123 cm³/mol. The van der Waals surface area contributed by atoms with E-state index in [1.807, 2.05) is 30.5 Å². The largest absolute Gasteiger partial charge is 0.491 e. The Balaban J connectivity index is 1.76. The van der Waals surface area contributed by atoms with E-state index in [0.717, 1.165) is 34.3 Å². The second kappa shape index (κ2) is 9.43. The van der Waals surface area contributed by atoms with Crippen LogP contribution in [-0.2, 0) is 4.74 Å². The molecule has 0 fully saturated rings. The maximum atomic E-state index is 6.19. The third-order valence-corrected chi connectivity index (χ3v) is 5.29. The molecule has 0 radical (unpaired) electrons. The number of hydrogen-bond acceptors (Lipinski definition) is 6. The van der Waals surface area contributed by atoms with E-state index in [1.54, 1.807) is 19.2 Å². The molecule has 0 atom stereocenters. The molecule has 154 valence electrons. The molecule has 0 saturated heterocycles. The molecule has 0 spiro atoms. The average molecular weight is 443 g/mol. The van der Waals surface area contributed by atoms with E-state index in [-0.39, 0.29) is 0 Å². The van der Waals surface area contributed by atoms with E-state index in [9.17, 15) is 0 Å². The number of benzene rings is 2. The van der Waals surface area contributed by atoms with Crippen LogP contribution in [-0.4, -0.2) is 43.1 Å². The molecule has 1 N–H and O–H groups in total. The number of anilines is 2. The van der Waals surface area contributed by atoms with Crippen molar-refractivity contribution in [1.82, 2.24) is 9.97 Å². The first-order valence-corrected chi connectivity index (χ1v) is 10.2. The number of nitrogens with one attached hydrogen (secondary N) is 1. The lowest BCUT2D eigenvalue weighted by Gasteiger charge is -2.14. The van der Waals surface area contributed by atoms with Crippen LogP contribution in [0.4, 0.5) is 11.5 Å². The molecule has 0 aliphatic carbocycles. The molecule has 1 aliphatic heterocycles. The highest BCUT2D eigenvalue weighted by molar-refractivity contribution is 6.42. The molecule has 30 heavy (non-hydrogen) atoms. The summed E-state index contributed by atoms with van der Waals surface area (Å²) in [6.07, 6.45) is 4.76. The molecule has 0 amide bonds. The Labute approximate surface area is 184 Å². The van der Waals surface area contributed by atoms with Crippen molar-refractivity contribution in [3.05, 3.63) is 58.3 Å². The molecule has 0 unspecified atom stereocenters. The van der Waals surface area contributed by atoms with Gasteiger partial charge in [-0.2, -0.15) is 0 Å². The number of halogens is 2. The summed E-state index contributed by atoms with van der Waals surface area (Å²) in [7, 11) is 1.64. The number of rotatable bonds is 7. The monoisotopic (exact) mass is 442 g/mol. The third-order valence-electron chi connectivity index (χ3n) is 4.55. The van der Waals surface area contributed by atoms with Gasteiger partial charge in [0.15, 0.2) is 5.82 Å². The molecule has 1 aromatic heterocycles. The van der Waals surface area contributed by atoms with E-state index in [0.29, 0.717) is 41.4 Å². The fourth-order valence-electron chi connectivity index (χ4n) is 3.05. The van der Waals surface area contributed by atoms with Gasteiger partial charge in [-0.3, -0.25) is 4.99 Å².